The van der Waals surface area contributed by atoms with E-state index in [1.54, 1.807) is 0 Å². The smallest absolute Gasteiger partial charge is 0.0652 e. The lowest BCUT2D eigenvalue weighted by atomic mass is 9.92. The molecule has 0 heterocycles. The van der Waals surface area contributed by atoms with Crippen molar-refractivity contribution in [1.29, 1.82) is 0 Å². The van der Waals surface area contributed by atoms with Gasteiger partial charge in [0.25, 0.3) is 0 Å². The van der Waals surface area contributed by atoms with Crippen LogP contribution in [0.4, 0.5) is 0 Å². The van der Waals surface area contributed by atoms with Gasteiger partial charge in [-0.25, -0.2) is 0 Å². The maximum Gasteiger partial charge on any atom is 0.0652 e. The van der Waals surface area contributed by atoms with Crippen molar-refractivity contribution in [2.24, 2.45) is 0 Å². The van der Waals surface area contributed by atoms with Gasteiger partial charge in [0.05, 0.1) is 4.83 Å². The summed E-state index contributed by atoms with van der Waals surface area (Å²) in [6.07, 6.45) is 0. The summed E-state index contributed by atoms with van der Waals surface area (Å²) in [5.74, 6) is 0. The summed E-state index contributed by atoms with van der Waals surface area (Å²) in [4.78, 5) is 0.213. The second kappa shape index (κ2) is 5.68. The fourth-order valence-corrected chi connectivity index (χ4v) is 4.13. The molecule has 2 rings (SSSR count). The lowest BCUT2D eigenvalue weighted by molar-refractivity contribution is 1.08. The van der Waals surface area contributed by atoms with Gasteiger partial charge in [-0.3, -0.25) is 0 Å². The molecule has 0 aliphatic carbocycles. The summed E-state index contributed by atoms with van der Waals surface area (Å²) >= 11 is 9.89. The Kier molecular flexibility index (Phi) is 4.37. The van der Waals surface area contributed by atoms with E-state index in [9.17, 15) is 0 Å². The van der Waals surface area contributed by atoms with Crippen LogP contribution in [0.3, 0.4) is 0 Å². The molecule has 0 aliphatic rings. The van der Waals surface area contributed by atoms with E-state index in [1.165, 1.54) is 33.4 Å². The first kappa shape index (κ1) is 14.6. The Labute approximate surface area is 128 Å². The van der Waals surface area contributed by atoms with Crippen molar-refractivity contribution < 1.29 is 0 Å². The van der Waals surface area contributed by atoms with Crippen LogP contribution in [0.25, 0.3) is 0 Å². The number of hydrogen-bond acceptors (Lipinski definition) is 0. The highest BCUT2D eigenvalue weighted by Crippen LogP contribution is 2.37. The highest BCUT2D eigenvalue weighted by molar-refractivity contribution is 9.09. The molecule has 100 valence electrons. The van der Waals surface area contributed by atoms with E-state index in [0.717, 1.165) is 5.02 Å². The molecule has 0 fully saturated rings. The van der Waals surface area contributed by atoms with Crippen molar-refractivity contribution in [2.75, 3.05) is 0 Å². The van der Waals surface area contributed by atoms with Crippen molar-refractivity contribution in [3.05, 3.63) is 68.7 Å². The van der Waals surface area contributed by atoms with Crippen LogP contribution in [-0.2, 0) is 0 Å². The molecule has 0 aromatic heterocycles. The zero-order valence-electron chi connectivity index (χ0n) is 11.7. The number of alkyl halides is 1. The average molecular weight is 338 g/mol. The van der Waals surface area contributed by atoms with Crippen molar-refractivity contribution >= 4 is 27.5 Å². The molecule has 0 bridgehead atoms. The number of rotatable bonds is 2. The summed E-state index contributed by atoms with van der Waals surface area (Å²) in [6, 6.07) is 10.6. The molecular weight excluding hydrogens is 320 g/mol. The summed E-state index contributed by atoms with van der Waals surface area (Å²) in [5.41, 5.74) is 7.82. The predicted molar refractivity (Wildman–Crippen MR) is 87.6 cm³/mol. The van der Waals surface area contributed by atoms with Gasteiger partial charge in [-0.05, 0) is 67.6 Å². The highest BCUT2D eigenvalue weighted by atomic mass is 79.9. The van der Waals surface area contributed by atoms with Crippen molar-refractivity contribution in [3.8, 4) is 0 Å². The van der Waals surface area contributed by atoms with Crippen molar-refractivity contribution in [2.45, 2.75) is 32.5 Å². The second-order valence-corrected chi connectivity index (χ2v) is 6.53. The minimum atomic E-state index is 0.213. The molecule has 0 nitrogen and oxygen atoms in total. The Morgan fingerprint density at radius 2 is 1.47 bits per heavy atom. The third-order valence-corrected chi connectivity index (χ3v) is 4.68. The van der Waals surface area contributed by atoms with Crippen LogP contribution in [0.1, 0.15) is 38.2 Å². The minimum absolute atomic E-state index is 0.213. The molecule has 2 aromatic carbocycles. The Hall–Kier alpha value is -0.790. The molecule has 1 unspecified atom stereocenters. The maximum absolute atomic E-state index is 6.04. The van der Waals surface area contributed by atoms with Gasteiger partial charge in [0.15, 0.2) is 0 Å². The summed E-state index contributed by atoms with van der Waals surface area (Å²) in [7, 11) is 0. The van der Waals surface area contributed by atoms with Crippen LogP contribution in [0.15, 0.2) is 30.3 Å². The molecule has 0 saturated heterocycles. The van der Waals surface area contributed by atoms with Gasteiger partial charge in [-0.1, -0.05) is 51.3 Å². The van der Waals surface area contributed by atoms with E-state index in [4.69, 9.17) is 11.6 Å². The number of aryl methyl sites for hydroxylation is 4. The van der Waals surface area contributed by atoms with Crippen LogP contribution in [0.5, 0.6) is 0 Å². The van der Waals surface area contributed by atoms with Crippen molar-refractivity contribution in [3.63, 3.8) is 0 Å². The zero-order chi connectivity index (χ0) is 14.2. The van der Waals surface area contributed by atoms with Crippen LogP contribution >= 0.6 is 27.5 Å². The molecule has 19 heavy (non-hydrogen) atoms. The van der Waals surface area contributed by atoms with E-state index in [-0.39, 0.29) is 4.83 Å². The quantitative estimate of drug-likeness (QED) is 0.584. The first-order valence-electron chi connectivity index (χ1n) is 6.38. The minimum Gasteiger partial charge on any atom is -0.0843 e. The van der Waals surface area contributed by atoms with Gasteiger partial charge < -0.3 is 0 Å². The summed E-state index contributed by atoms with van der Waals surface area (Å²) in [5, 5.41) is 0.790. The first-order chi connectivity index (χ1) is 8.90. The zero-order valence-corrected chi connectivity index (χ0v) is 14.1. The molecule has 0 aliphatic heterocycles. The van der Waals surface area contributed by atoms with E-state index < -0.39 is 0 Å². The predicted octanol–water partition coefficient (Wildman–Crippen LogP) is 6.06. The van der Waals surface area contributed by atoms with Crippen LogP contribution < -0.4 is 0 Å². The summed E-state index contributed by atoms with van der Waals surface area (Å²) in [6.45, 7) is 8.60. The second-order valence-electron chi connectivity index (χ2n) is 5.18. The first-order valence-corrected chi connectivity index (χ1v) is 7.67. The largest absolute Gasteiger partial charge is 0.0843 e. The molecule has 0 N–H and O–H groups in total. The van der Waals surface area contributed by atoms with Gasteiger partial charge in [-0.2, -0.15) is 0 Å². The molecular formula is C17H18BrCl. The number of benzene rings is 2. The van der Waals surface area contributed by atoms with E-state index in [2.05, 4.69) is 61.8 Å². The molecule has 0 spiro atoms. The molecule has 0 radical (unpaired) electrons. The lowest BCUT2D eigenvalue weighted by Crippen LogP contribution is -2.01. The van der Waals surface area contributed by atoms with E-state index in [0.29, 0.717) is 0 Å². The van der Waals surface area contributed by atoms with Crippen molar-refractivity contribution in [1.82, 2.24) is 0 Å². The molecule has 2 aromatic rings. The Bertz CT molecular complexity index is 594. The van der Waals surface area contributed by atoms with E-state index >= 15 is 0 Å². The molecule has 2 heteroatoms. The normalized spacial score (nSPS) is 12.5. The third-order valence-electron chi connectivity index (χ3n) is 3.50. The monoisotopic (exact) mass is 336 g/mol. The molecule has 0 saturated carbocycles. The topological polar surface area (TPSA) is 0 Å². The third kappa shape index (κ3) is 3.04. The van der Waals surface area contributed by atoms with Gasteiger partial charge in [0.2, 0.25) is 0 Å². The van der Waals surface area contributed by atoms with Crippen LogP contribution in [0, 0.1) is 27.7 Å². The Morgan fingerprint density at radius 3 is 2.00 bits per heavy atom. The van der Waals surface area contributed by atoms with Crippen LogP contribution in [0.2, 0.25) is 5.02 Å². The van der Waals surface area contributed by atoms with Gasteiger partial charge in [0.1, 0.15) is 0 Å². The average Bonchev–Trinajstić information content (AvgIpc) is 2.26. The Balaban J connectivity index is 2.53. The maximum atomic E-state index is 6.04. The van der Waals surface area contributed by atoms with Gasteiger partial charge in [-0.15, -0.1) is 0 Å². The SMILES string of the molecule is Cc1cc(C)c(C(Br)c2ccc(Cl)cc2C)c(C)c1. The lowest BCUT2D eigenvalue weighted by Gasteiger charge is -2.19. The van der Waals surface area contributed by atoms with Crippen LogP contribution in [-0.4, -0.2) is 0 Å². The van der Waals surface area contributed by atoms with E-state index in [1.807, 2.05) is 12.1 Å². The number of hydrogen-bond donors (Lipinski definition) is 0. The fourth-order valence-electron chi connectivity index (χ4n) is 2.67. The van der Waals surface area contributed by atoms with Gasteiger partial charge >= 0.3 is 0 Å². The summed E-state index contributed by atoms with van der Waals surface area (Å²) < 4.78 is 0. The highest BCUT2D eigenvalue weighted by Gasteiger charge is 2.17. The van der Waals surface area contributed by atoms with Gasteiger partial charge in [0, 0.05) is 5.02 Å². The number of halogens is 2. The standard InChI is InChI=1S/C17H18BrCl/c1-10-7-12(3)16(13(4)8-10)17(18)15-6-5-14(19)9-11(15)2/h5-9,17H,1-4H3. The molecule has 1 atom stereocenters. The Morgan fingerprint density at radius 1 is 0.895 bits per heavy atom. The fraction of sp³-hybridized carbons (Fsp3) is 0.294. The molecule has 0 amide bonds.